The van der Waals surface area contributed by atoms with E-state index in [4.69, 9.17) is 0 Å². The van der Waals surface area contributed by atoms with Crippen LogP contribution in [0.25, 0.3) is 0 Å². The molecule has 0 fully saturated rings. The fourth-order valence-corrected chi connectivity index (χ4v) is 4.08. The van der Waals surface area contributed by atoms with Crippen LogP contribution in [-0.2, 0) is 14.4 Å². The molecular formula is C23H42O5. The Morgan fingerprint density at radius 3 is 1.14 bits per heavy atom. The highest BCUT2D eigenvalue weighted by Gasteiger charge is 2.34. The highest BCUT2D eigenvalue weighted by atomic mass is 16.4. The Morgan fingerprint density at radius 2 is 0.893 bits per heavy atom. The first-order valence-electron chi connectivity index (χ1n) is 11.2. The monoisotopic (exact) mass is 398 g/mol. The molecule has 0 saturated heterocycles. The predicted molar refractivity (Wildman–Crippen MR) is 112 cm³/mol. The van der Waals surface area contributed by atoms with Crippen molar-refractivity contribution >= 4 is 17.7 Å². The van der Waals surface area contributed by atoms with Gasteiger partial charge in [0.25, 0.3) is 0 Å². The van der Waals surface area contributed by atoms with Gasteiger partial charge in [-0.1, -0.05) is 53.4 Å². The van der Waals surface area contributed by atoms with Crippen LogP contribution in [0.4, 0.5) is 0 Å². The van der Waals surface area contributed by atoms with E-state index in [0.717, 1.165) is 38.5 Å². The van der Waals surface area contributed by atoms with Crippen molar-refractivity contribution < 1.29 is 24.6 Å². The molecule has 0 rings (SSSR count). The number of carbonyl (C=O) groups is 3. The molecule has 28 heavy (non-hydrogen) atoms. The van der Waals surface area contributed by atoms with E-state index in [1.54, 1.807) is 0 Å². The van der Waals surface area contributed by atoms with Gasteiger partial charge >= 0.3 is 11.9 Å². The number of hydrogen-bond acceptors (Lipinski definition) is 3. The van der Waals surface area contributed by atoms with Gasteiger partial charge in [0, 0.05) is 12.8 Å². The van der Waals surface area contributed by atoms with Crippen molar-refractivity contribution in [1.29, 1.82) is 0 Å². The molecule has 5 nitrogen and oxygen atoms in total. The van der Waals surface area contributed by atoms with E-state index < -0.39 is 22.8 Å². The quantitative estimate of drug-likeness (QED) is 0.267. The van der Waals surface area contributed by atoms with Crippen LogP contribution in [0.1, 0.15) is 118 Å². The fraction of sp³-hybridized carbons (Fsp3) is 0.870. The Bertz CT molecular complexity index is 433. The van der Waals surface area contributed by atoms with Gasteiger partial charge in [-0.25, -0.2) is 0 Å². The molecule has 0 atom stereocenters. The minimum absolute atomic E-state index is 0.269. The minimum Gasteiger partial charge on any atom is -0.481 e. The zero-order valence-corrected chi connectivity index (χ0v) is 18.5. The summed E-state index contributed by atoms with van der Waals surface area (Å²) in [6.45, 7) is 7.73. The van der Waals surface area contributed by atoms with Crippen LogP contribution in [0, 0.1) is 10.8 Å². The zero-order chi connectivity index (χ0) is 21.6. The number of carboxylic acids is 2. The lowest BCUT2D eigenvalue weighted by Crippen LogP contribution is -2.29. The van der Waals surface area contributed by atoms with Crippen molar-refractivity contribution in [3.05, 3.63) is 0 Å². The van der Waals surface area contributed by atoms with Crippen LogP contribution in [-0.4, -0.2) is 27.9 Å². The first kappa shape index (κ1) is 26.6. The molecule has 164 valence electrons. The Hall–Kier alpha value is -1.39. The van der Waals surface area contributed by atoms with Gasteiger partial charge in [0.15, 0.2) is 0 Å². The van der Waals surface area contributed by atoms with Crippen LogP contribution in [0.3, 0.4) is 0 Å². The summed E-state index contributed by atoms with van der Waals surface area (Å²) in [6.07, 6.45) is 10.3. The van der Waals surface area contributed by atoms with Crippen LogP contribution >= 0.6 is 0 Å². The number of carboxylic acid groups (broad SMARTS) is 2. The summed E-state index contributed by atoms with van der Waals surface area (Å²) in [7, 11) is 0. The molecule has 0 saturated carbocycles. The molecule has 0 unspecified atom stereocenters. The third kappa shape index (κ3) is 8.32. The summed E-state index contributed by atoms with van der Waals surface area (Å²) in [4.78, 5) is 35.0. The van der Waals surface area contributed by atoms with Crippen molar-refractivity contribution in [2.75, 3.05) is 0 Å². The van der Waals surface area contributed by atoms with Crippen molar-refractivity contribution in [2.45, 2.75) is 118 Å². The molecule has 5 heteroatoms. The minimum atomic E-state index is -0.702. The number of carbonyl (C=O) groups excluding carboxylic acids is 1. The third-order valence-corrected chi connectivity index (χ3v) is 6.84. The van der Waals surface area contributed by atoms with Crippen molar-refractivity contribution in [1.82, 2.24) is 0 Å². The van der Waals surface area contributed by atoms with E-state index in [1.165, 1.54) is 0 Å². The maximum absolute atomic E-state index is 12.0. The lowest BCUT2D eigenvalue weighted by molar-refractivity contribution is -0.151. The second-order valence-corrected chi connectivity index (χ2v) is 8.25. The summed E-state index contributed by atoms with van der Waals surface area (Å²) < 4.78 is 0. The van der Waals surface area contributed by atoms with Crippen LogP contribution in [0.15, 0.2) is 0 Å². The summed E-state index contributed by atoms with van der Waals surface area (Å²) in [5.74, 6) is -1.13. The number of unbranched alkanes of at least 4 members (excludes halogenated alkanes) is 4. The lowest BCUT2D eigenvalue weighted by atomic mass is 9.77. The van der Waals surface area contributed by atoms with Gasteiger partial charge in [0.2, 0.25) is 0 Å². The topological polar surface area (TPSA) is 91.7 Å². The average Bonchev–Trinajstić information content (AvgIpc) is 2.67. The lowest BCUT2D eigenvalue weighted by Gasteiger charge is -2.26. The SMILES string of the molecule is CCC(CC)(CCCCCC(=O)CCCCCC(CC)(CC)C(=O)O)C(=O)O. The predicted octanol–water partition coefficient (Wildman–Crippen LogP) is 6.24. The highest BCUT2D eigenvalue weighted by Crippen LogP contribution is 2.34. The third-order valence-electron chi connectivity index (χ3n) is 6.84. The number of Topliss-reactive ketones (excluding diaryl/α,β-unsaturated/α-hetero) is 1. The van der Waals surface area contributed by atoms with Crippen LogP contribution in [0.5, 0.6) is 0 Å². The molecule has 0 heterocycles. The number of ketones is 1. The molecule has 0 radical (unpaired) electrons. The molecule has 0 aliphatic rings. The van der Waals surface area contributed by atoms with Gasteiger partial charge in [-0.05, 0) is 51.4 Å². The van der Waals surface area contributed by atoms with Crippen LogP contribution in [0.2, 0.25) is 0 Å². The molecule has 0 spiro atoms. The standard InChI is InChI=1S/C23H42O5/c1-5-22(6-2,20(25)26)17-13-9-11-15-19(24)16-12-10-14-18-23(7-3,8-4)21(27)28/h5-18H2,1-4H3,(H,25,26)(H,27,28). The summed E-state index contributed by atoms with van der Waals surface area (Å²) >= 11 is 0. The van der Waals surface area contributed by atoms with Gasteiger partial charge in [0.1, 0.15) is 5.78 Å². The van der Waals surface area contributed by atoms with E-state index in [-0.39, 0.29) is 5.78 Å². The summed E-state index contributed by atoms with van der Waals surface area (Å²) in [5.41, 5.74) is -1.21. The zero-order valence-electron chi connectivity index (χ0n) is 18.5. The smallest absolute Gasteiger partial charge is 0.309 e. The highest BCUT2D eigenvalue weighted by molar-refractivity contribution is 5.78. The largest absolute Gasteiger partial charge is 0.481 e. The Kier molecular flexibility index (Phi) is 13.0. The van der Waals surface area contributed by atoms with Crippen molar-refractivity contribution in [3.8, 4) is 0 Å². The van der Waals surface area contributed by atoms with Gasteiger partial charge in [-0.3, -0.25) is 14.4 Å². The van der Waals surface area contributed by atoms with Gasteiger partial charge in [-0.2, -0.15) is 0 Å². The van der Waals surface area contributed by atoms with Crippen molar-refractivity contribution in [3.63, 3.8) is 0 Å². The van der Waals surface area contributed by atoms with E-state index >= 15 is 0 Å². The molecule has 0 aromatic rings. The number of hydrogen-bond donors (Lipinski definition) is 2. The van der Waals surface area contributed by atoms with E-state index in [1.807, 2.05) is 27.7 Å². The molecule has 0 aliphatic carbocycles. The second-order valence-electron chi connectivity index (χ2n) is 8.25. The number of rotatable bonds is 18. The van der Waals surface area contributed by atoms with Gasteiger partial charge in [0.05, 0.1) is 10.8 Å². The van der Waals surface area contributed by atoms with Gasteiger partial charge in [-0.15, -0.1) is 0 Å². The van der Waals surface area contributed by atoms with Gasteiger partial charge < -0.3 is 10.2 Å². The maximum Gasteiger partial charge on any atom is 0.309 e. The van der Waals surface area contributed by atoms with E-state index in [9.17, 15) is 24.6 Å². The molecular weight excluding hydrogens is 356 g/mol. The summed E-state index contributed by atoms with van der Waals surface area (Å²) in [5, 5.41) is 18.9. The maximum atomic E-state index is 12.0. The summed E-state index contributed by atoms with van der Waals surface area (Å²) in [6, 6.07) is 0. The first-order chi connectivity index (χ1) is 13.2. The molecule has 2 N–H and O–H groups in total. The fourth-order valence-electron chi connectivity index (χ4n) is 4.08. The van der Waals surface area contributed by atoms with E-state index in [2.05, 4.69) is 0 Å². The second kappa shape index (κ2) is 13.7. The number of aliphatic carboxylic acids is 2. The Morgan fingerprint density at radius 1 is 0.571 bits per heavy atom. The molecule has 0 aromatic carbocycles. The molecule has 0 amide bonds. The van der Waals surface area contributed by atoms with E-state index in [0.29, 0.717) is 51.4 Å². The van der Waals surface area contributed by atoms with Crippen molar-refractivity contribution in [2.24, 2.45) is 10.8 Å². The average molecular weight is 399 g/mol. The molecule has 0 aliphatic heterocycles. The first-order valence-corrected chi connectivity index (χ1v) is 11.2. The normalized spacial score (nSPS) is 12.1. The molecule has 0 aromatic heterocycles. The molecule has 0 bridgehead atoms. The van der Waals surface area contributed by atoms with Crippen LogP contribution < -0.4 is 0 Å². The Labute approximate surface area is 171 Å². The Balaban J connectivity index is 3.95.